The molecule has 6 nitrogen and oxygen atoms in total. The number of unbranched alkanes of at least 4 members (excludes halogenated alkanes) is 59. The molecule has 6 heteroatoms. The second-order valence-electron chi connectivity index (χ2n) is 26.3. The fraction of sp³-hybridized carbons (Fsp3) is 0.947. The van der Waals surface area contributed by atoms with E-state index in [4.69, 9.17) is 4.74 Å². The van der Waals surface area contributed by atoms with Crippen LogP contribution in [0.5, 0.6) is 0 Å². The van der Waals surface area contributed by atoms with E-state index in [0.717, 1.165) is 38.5 Å². The molecule has 0 aliphatic heterocycles. The summed E-state index contributed by atoms with van der Waals surface area (Å²) in [5, 5.41) is 23.3. The second-order valence-corrected chi connectivity index (χ2v) is 26.3. The predicted octanol–water partition coefficient (Wildman–Crippen LogP) is 24.7. The van der Waals surface area contributed by atoms with Gasteiger partial charge in [0.1, 0.15) is 0 Å². The molecule has 0 rings (SSSR count). The van der Waals surface area contributed by atoms with Crippen molar-refractivity contribution in [3.05, 3.63) is 12.2 Å². The van der Waals surface area contributed by atoms with Gasteiger partial charge in [0.15, 0.2) is 0 Å². The normalized spacial score (nSPS) is 12.5. The van der Waals surface area contributed by atoms with Gasteiger partial charge < -0.3 is 20.3 Å². The summed E-state index contributed by atoms with van der Waals surface area (Å²) in [6.07, 6.45) is 90.1. The third-order valence-corrected chi connectivity index (χ3v) is 18.1. The molecule has 82 heavy (non-hydrogen) atoms. The van der Waals surface area contributed by atoms with E-state index in [1.54, 1.807) is 0 Å². The first-order chi connectivity index (χ1) is 40.5. The van der Waals surface area contributed by atoms with Gasteiger partial charge in [-0.1, -0.05) is 386 Å². The van der Waals surface area contributed by atoms with E-state index in [1.807, 2.05) is 0 Å². The zero-order valence-corrected chi connectivity index (χ0v) is 56.0. The maximum absolute atomic E-state index is 12.5. The van der Waals surface area contributed by atoms with Crippen molar-refractivity contribution < 1.29 is 24.5 Å². The van der Waals surface area contributed by atoms with Crippen LogP contribution in [0.3, 0.4) is 0 Å². The smallest absolute Gasteiger partial charge is 0.305 e. The predicted molar refractivity (Wildman–Crippen MR) is 361 cm³/mol. The molecule has 0 aromatic heterocycles. The molecule has 0 aliphatic rings. The largest absolute Gasteiger partial charge is 0.466 e. The quantitative estimate of drug-likeness (QED) is 0.0320. The summed E-state index contributed by atoms with van der Waals surface area (Å²) in [6, 6.07) is -0.537. The van der Waals surface area contributed by atoms with Crippen LogP contribution >= 0.6 is 0 Å². The first kappa shape index (κ1) is 80.6. The number of ether oxygens (including phenoxy) is 1. The molecule has 0 aliphatic carbocycles. The van der Waals surface area contributed by atoms with Crippen molar-refractivity contribution in [2.24, 2.45) is 0 Å². The standard InChI is InChI=1S/C76H149NO5/c1-3-5-7-9-11-13-15-17-18-38-42-46-50-54-58-62-66-70-76(81)82-71-67-63-59-55-51-47-43-40-37-35-33-31-29-27-25-23-21-19-20-22-24-26-28-30-32-34-36-39-41-45-49-53-57-61-65-69-75(80)77-73(72-78)74(79)68-64-60-56-52-48-44-16-14-12-10-8-6-4-2/h21,23,73-74,78-79H,3-20,22,24-72H2,1-2H3,(H,77,80)/b23-21-. The van der Waals surface area contributed by atoms with Gasteiger partial charge in [0, 0.05) is 12.8 Å². The van der Waals surface area contributed by atoms with Crippen molar-refractivity contribution in [1.29, 1.82) is 0 Å². The molecular formula is C76H149NO5. The van der Waals surface area contributed by atoms with E-state index >= 15 is 0 Å². The van der Waals surface area contributed by atoms with Gasteiger partial charge in [-0.2, -0.15) is 0 Å². The molecule has 3 N–H and O–H groups in total. The molecule has 0 radical (unpaired) electrons. The number of rotatable bonds is 72. The number of carbonyl (C=O) groups excluding carboxylic acids is 2. The highest BCUT2D eigenvalue weighted by Crippen LogP contribution is 2.20. The summed E-state index contributed by atoms with van der Waals surface area (Å²) < 4.78 is 5.51. The Balaban J connectivity index is 3.31. The van der Waals surface area contributed by atoms with E-state index in [2.05, 4.69) is 31.3 Å². The lowest BCUT2D eigenvalue weighted by Gasteiger charge is -2.22. The van der Waals surface area contributed by atoms with Crippen molar-refractivity contribution in [2.75, 3.05) is 13.2 Å². The highest BCUT2D eigenvalue weighted by atomic mass is 16.5. The lowest BCUT2D eigenvalue weighted by atomic mass is 10.0. The summed E-state index contributed by atoms with van der Waals surface area (Å²) >= 11 is 0. The Morgan fingerprint density at radius 1 is 0.329 bits per heavy atom. The number of aliphatic hydroxyl groups is 2. The molecule has 0 aromatic carbocycles. The zero-order valence-electron chi connectivity index (χ0n) is 56.0. The maximum atomic E-state index is 12.5. The molecule has 0 saturated carbocycles. The van der Waals surface area contributed by atoms with Crippen LogP contribution in [-0.4, -0.2) is 47.4 Å². The van der Waals surface area contributed by atoms with E-state index in [9.17, 15) is 19.8 Å². The molecule has 0 heterocycles. The molecule has 0 spiro atoms. The Morgan fingerprint density at radius 3 is 0.866 bits per heavy atom. The topological polar surface area (TPSA) is 95.9 Å². The molecule has 2 unspecified atom stereocenters. The summed E-state index contributed by atoms with van der Waals surface area (Å²) in [6.45, 7) is 5.00. The molecule has 0 fully saturated rings. The third kappa shape index (κ3) is 67.7. The average Bonchev–Trinajstić information content (AvgIpc) is 3.48. The SMILES string of the molecule is CCCCCCCCCCCCCCCCCCCC(=O)OCCCCCCCCCCCCCCCC/C=C\CCCCCCCCCCCCCCCCCCCC(=O)NC(CO)C(O)CCCCCCCCCCCCCCC. The van der Waals surface area contributed by atoms with Gasteiger partial charge in [0.05, 0.1) is 25.4 Å². The monoisotopic (exact) mass is 1160 g/mol. The number of aliphatic hydroxyl groups excluding tert-OH is 2. The number of carbonyl (C=O) groups is 2. The summed E-state index contributed by atoms with van der Waals surface area (Å²) in [4.78, 5) is 24.6. The van der Waals surface area contributed by atoms with Gasteiger partial charge in [-0.25, -0.2) is 0 Å². The minimum Gasteiger partial charge on any atom is -0.466 e. The van der Waals surface area contributed by atoms with Crippen LogP contribution in [0.25, 0.3) is 0 Å². The van der Waals surface area contributed by atoms with Crippen molar-refractivity contribution in [1.82, 2.24) is 5.32 Å². The van der Waals surface area contributed by atoms with Crippen LogP contribution in [0.15, 0.2) is 12.2 Å². The minimum absolute atomic E-state index is 0.0252. The summed E-state index contributed by atoms with van der Waals surface area (Å²) in [5.74, 6) is -0.00341. The van der Waals surface area contributed by atoms with Gasteiger partial charge >= 0.3 is 5.97 Å². The van der Waals surface area contributed by atoms with Crippen molar-refractivity contribution in [2.45, 2.75) is 450 Å². The Labute approximate surface area is 514 Å². The fourth-order valence-electron chi connectivity index (χ4n) is 12.3. The van der Waals surface area contributed by atoms with Crippen LogP contribution in [-0.2, 0) is 14.3 Å². The fourth-order valence-corrected chi connectivity index (χ4v) is 12.3. The number of nitrogens with one attached hydrogen (secondary N) is 1. The van der Waals surface area contributed by atoms with Gasteiger partial charge in [-0.05, 0) is 51.4 Å². The molecule has 1 amide bonds. The molecule has 0 saturated heterocycles. The Bertz CT molecular complexity index is 1240. The van der Waals surface area contributed by atoms with Crippen LogP contribution in [0.2, 0.25) is 0 Å². The zero-order chi connectivity index (χ0) is 59.2. The number of hydrogen-bond acceptors (Lipinski definition) is 5. The van der Waals surface area contributed by atoms with E-state index in [0.29, 0.717) is 25.9 Å². The Kier molecular flexibility index (Phi) is 70.8. The highest BCUT2D eigenvalue weighted by Gasteiger charge is 2.20. The van der Waals surface area contributed by atoms with Crippen molar-refractivity contribution >= 4 is 11.9 Å². The molecular weight excluding hydrogens is 1010 g/mol. The first-order valence-electron chi connectivity index (χ1n) is 37.9. The minimum atomic E-state index is -0.660. The van der Waals surface area contributed by atoms with Gasteiger partial charge in [-0.15, -0.1) is 0 Å². The number of hydrogen-bond donors (Lipinski definition) is 3. The van der Waals surface area contributed by atoms with Gasteiger partial charge in [0.2, 0.25) is 5.91 Å². The molecule has 2 atom stereocenters. The second kappa shape index (κ2) is 72.1. The van der Waals surface area contributed by atoms with E-state index in [1.165, 1.54) is 366 Å². The van der Waals surface area contributed by atoms with Crippen molar-refractivity contribution in [3.8, 4) is 0 Å². The summed E-state index contributed by atoms with van der Waals surface area (Å²) in [7, 11) is 0. The molecule has 0 bridgehead atoms. The summed E-state index contributed by atoms with van der Waals surface area (Å²) in [5.41, 5.74) is 0. The van der Waals surface area contributed by atoms with Gasteiger partial charge in [0.25, 0.3) is 0 Å². The van der Waals surface area contributed by atoms with Crippen LogP contribution in [0.1, 0.15) is 438 Å². The lowest BCUT2D eigenvalue weighted by molar-refractivity contribution is -0.143. The lowest BCUT2D eigenvalue weighted by Crippen LogP contribution is -2.45. The molecule has 0 aromatic rings. The Hall–Kier alpha value is -1.40. The average molecular weight is 1160 g/mol. The first-order valence-corrected chi connectivity index (χ1v) is 37.9. The highest BCUT2D eigenvalue weighted by molar-refractivity contribution is 5.76. The Morgan fingerprint density at radius 2 is 0.573 bits per heavy atom. The number of esters is 1. The van der Waals surface area contributed by atoms with Gasteiger partial charge in [-0.3, -0.25) is 9.59 Å². The number of allylic oxidation sites excluding steroid dienone is 2. The van der Waals surface area contributed by atoms with Crippen LogP contribution in [0.4, 0.5) is 0 Å². The maximum Gasteiger partial charge on any atom is 0.305 e. The van der Waals surface area contributed by atoms with E-state index < -0.39 is 12.1 Å². The van der Waals surface area contributed by atoms with Crippen LogP contribution < -0.4 is 5.32 Å². The van der Waals surface area contributed by atoms with Crippen LogP contribution in [0, 0.1) is 0 Å². The van der Waals surface area contributed by atoms with E-state index in [-0.39, 0.29) is 18.5 Å². The third-order valence-electron chi connectivity index (χ3n) is 18.1. The number of amides is 1. The van der Waals surface area contributed by atoms with Crippen molar-refractivity contribution in [3.63, 3.8) is 0 Å². The molecule has 488 valence electrons.